The molecule has 0 heterocycles. The molecule has 1 saturated carbocycles. The van der Waals surface area contributed by atoms with E-state index >= 15 is 0 Å². The predicted molar refractivity (Wildman–Crippen MR) is 123 cm³/mol. The average Bonchev–Trinajstić information content (AvgIpc) is 2.78. The van der Waals surface area contributed by atoms with Gasteiger partial charge in [-0.1, -0.05) is 61.7 Å². The van der Waals surface area contributed by atoms with Gasteiger partial charge in [0.25, 0.3) is 5.91 Å². The topological polar surface area (TPSA) is 58.6 Å². The lowest BCUT2D eigenvalue weighted by Gasteiger charge is -2.31. The first kappa shape index (κ1) is 22.9. The maximum absolute atomic E-state index is 13.2. The van der Waals surface area contributed by atoms with Gasteiger partial charge >= 0.3 is 0 Å². The van der Waals surface area contributed by atoms with Crippen LogP contribution in [0.25, 0.3) is 0 Å². The highest BCUT2D eigenvalue weighted by molar-refractivity contribution is 5.88. The molecule has 2 amide bonds. The van der Waals surface area contributed by atoms with Crippen molar-refractivity contribution < 1.29 is 14.3 Å². The third-order valence-corrected chi connectivity index (χ3v) is 6.01. The second kappa shape index (κ2) is 11.0. The van der Waals surface area contributed by atoms with Crippen molar-refractivity contribution in [1.82, 2.24) is 10.2 Å². The van der Waals surface area contributed by atoms with Crippen LogP contribution in [-0.4, -0.2) is 35.4 Å². The first-order valence-corrected chi connectivity index (χ1v) is 11.3. The number of carbonyl (C=O) groups is 2. The van der Waals surface area contributed by atoms with E-state index < -0.39 is 6.04 Å². The maximum atomic E-state index is 13.2. The minimum Gasteiger partial charge on any atom is -0.483 e. The number of ether oxygens (including phenoxy) is 1. The fraction of sp³-hybridized carbons (Fsp3) is 0.462. The summed E-state index contributed by atoms with van der Waals surface area (Å²) in [7, 11) is 0. The lowest BCUT2D eigenvalue weighted by atomic mass is 9.95. The quantitative estimate of drug-likeness (QED) is 0.679. The number of hydrogen-bond donors (Lipinski definition) is 1. The molecule has 0 radical (unpaired) electrons. The van der Waals surface area contributed by atoms with Crippen LogP contribution in [0.2, 0.25) is 0 Å². The Morgan fingerprint density at radius 2 is 1.77 bits per heavy atom. The minimum atomic E-state index is -0.572. The lowest BCUT2D eigenvalue weighted by molar-refractivity contribution is -0.142. The molecule has 5 heteroatoms. The largest absolute Gasteiger partial charge is 0.483 e. The molecule has 31 heavy (non-hydrogen) atoms. The van der Waals surface area contributed by atoms with Gasteiger partial charge < -0.3 is 15.0 Å². The molecule has 1 aliphatic rings. The van der Waals surface area contributed by atoms with Crippen LogP contribution in [-0.2, 0) is 16.1 Å². The Morgan fingerprint density at radius 1 is 1.06 bits per heavy atom. The zero-order chi connectivity index (χ0) is 22.2. The first-order valence-electron chi connectivity index (χ1n) is 11.3. The van der Waals surface area contributed by atoms with Crippen molar-refractivity contribution in [3.8, 4) is 5.75 Å². The standard InChI is InChI=1S/C26H34N2O3/c1-19-14-15-20(2)24(16-19)31-18-25(29)28(17-22-10-6-4-7-11-22)21(3)26(30)27-23-12-8-5-9-13-23/h4,6-7,10-11,14-16,21,23H,5,8-9,12-13,17-18H2,1-3H3,(H,27,30)/t21-/m0/s1. The van der Waals surface area contributed by atoms with Crippen LogP contribution in [0, 0.1) is 13.8 Å². The highest BCUT2D eigenvalue weighted by Gasteiger charge is 2.28. The van der Waals surface area contributed by atoms with E-state index in [0.29, 0.717) is 12.3 Å². The SMILES string of the molecule is Cc1ccc(C)c(OCC(=O)N(Cc2ccccc2)[C@@H](C)C(=O)NC2CCCCC2)c1. The highest BCUT2D eigenvalue weighted by atomic mass is 16.5. The van der Waals surface area contributed by atoms with Gasteiger partial charge in [0.05, 0.1) is 0 Å². The number of aryl methyl sites for hydroxylation is 2. The van der Waals surface area contributed by atoms with Crippen LogP contribution in [0.15, 0.2) is 48.5 Å². The maximum Gasteiger partial charge on any atom is 0.261 e. The fourth-order valence-corrected chi connectivity index (χ4v) is 4.02. The molecule has 0 aromatic heterocycles. The van der Waals surface area contributed by atoms with Crippen molar-refractivity contribution in [2.24, 2.45) is 0 Å². The molecule has 3 rings (SSSR count). The van der Waals surface area contributed by atoms with E-state index in [1.807, 2.05) is 62.4 Å². The van der Waals surface area contributed by atoms with Crippen molar-refractivity contribution in [2.45, 2.75) is 71.5 Å². The van der Waals surface area contributed by atoms with Gasteiger partial charge in [-0.05, 0) is 56.4 Å². The summed E-state index contributed by atoms with van der Waals surface area (Å²) < 4.78 is 5.86. The van der Waals surface area contributed by atoms with Crippen LogP contribution in [0.3, 0.4) is 0 Å². The molecule has 2 aromatic carbocycles. The Balaban J connectivity index is 1.70. The summed E-state index contributed by atoms with van der Waals surface area (Å²) in [5.41, 5.74) is 3.05. The van der Waals surface area contributed by atoms with E-state index in [2.05, 4.69) is 5.32 Å². The number of benzene rings is 2. The highest BCUT2D eigenvalue weighted by Crippen LogP contribution is 2.20. The fourth-order valence-electron chi connectivity index (χ4n) is 4.02. The van der Waals surface area contributed by atoms with E-state index in [-0.39, 0.29) is 24.5 Å². The molecule has 1 fully saturated rings. The number of amides is 2. The second-order valence-electron chi connectivity index (χ2n) is 8.58. The molecular weight excluding hydrogens is 388 g/mol. The van der Waals surface area contributed by atoms with E-state index in [1.165, 1.54) is 6.42 Å². The number of nitrogens with one attached hydrogen (secondary N) is 1. The molecule has 1 atom stereocenters. The van der Waals surface area contributed by atoms with E-state index in [4.69, 9.17) is 4.74 Å². The Bertz CT molecular complexity index is 875. The van der Waals surface area contributed by atoms with Gasteiger partial charge in [-0.2, -0.15) is 0 Å². The van der Waals surface area contributed by atoms with Gasteiger partial charge in [0.2, 0.25) is 5.91 Å². The van der Waals surface area contributed by atoms with E-state index in [9.17, 15) is 9.59 Å². The van der Waals surface area contributed by atoms with Crippen molar-refractivity contribution >= 4 is 11.8 Å². The summed E-state index contributed by atoms with van der Waals surface area (Å²) in [5.74, 6) is 0.409. The molecule has 2 aromatic rings. The van der Waals surface area contributed by atoms with Crippen LogP contribution in [0.1, 0.15) is 55.7 Å². The van der Waals surface area contributed by atoms with Crippen molar-refractivity contribution in [1.29, 1.82) is 0 Å². The van der Waals surface area contributed by atoms with Crippen LogP contribution < -0.4 is 10.1 Å². The molecular formula is C26H34N2O3. The van der Waals surface area contributed by atoms with Crippen LogP contribution in [0.5, 0.6) is 5.75 Å². The minimum absolute atomic E-state index is 0.0945. The van der Waals surface area contributed by atoms with Crippen molar-refractivity contribution in [3.63, 3.8) is 0 Å². The third-order valence-electron chi connectivity index (χ3n) is 6.01. The van der Waals surface area contributed by atoms with Crippen LogP contribution >= 0.6 is 0 Å². The molecule has 0 spiro atoms. The van der Waals surface area contributed by atoms with Gasteiger partial charge in [0, 0.05) is 12.6 Å². The summed E-state index contributed by atoms with van der Waals surface area (Å²) >= 11 is 0. The number of rotatable bonds is 8. The Labute approximate surface area is 185 Å². The average molecular weight is 423 g/mol. The summed E-state index contributed by atoms with van der Waals surface area (Å²) in [6.45, 7) is 6.03. The summed E-state index contributed by atoms with van der Waals surface area (Å²) in [6.07, 6.45) is 5.56. The molecule has 166 valence electrons. The summed E-state index contributed by atoms with van der Waals surface area (Å²) in [4.78, 5) is 27.8. The Morgan fingerprint density at radius 3 is 2.48 bits per heavy atom. The van der Waals surface area contributed by atoms with Crippen LogP contribution in [0.4, 0.5) is 0 Å². The first-order chi connectivity index (χ1) is 14.9. The Hall–Kier alpha value is -2.82. The summed E-state index contributed by atoms with van der Waals surface area (Å²) in [5, 5.41) is 3.16. The number of nitrogens with zero attached hydrogens (tertiary/aromatic N) is 1. The molecule has 1 aliphatic carbocycles. The van der Waals surface area contributed by atoms with Gasteiger partial charge in [0.15, 0.2) is 6.61 Å². The normalized spacial score (nSPS) is 15.2. The smallest absolute Gasteiger partial charge is 0.261 e. The molecule has 0 unspecified atom stereocenters. The molecule has 0 saturated heterocycles. The zero-order valence-electron chi connectivity index (χ0n) is 18.9. The third kappa shape index (κ3) is 6.58. The number of hydrogen-bond acceptors (Lipinski definition) is 3. The van der Waals surface area contributed by atoms with Gasteiger partial charge in [-0.25, -0.2) is 0 Å². The van der Waals surface area contributed by atoms with Gasteiger partial charge in [-0.3, -0.25) is 9.59 Å². The van der Waals surface area contributed by atoms with Gasteiger partial charge in [0.1, 0.15) is 11.8 Å². The molecule has 1 N–H and O–H groups in total. The molecule has 5 nitrogen and oxygen atoms in total. The molecule has 0 aliphatic heterocycles. The zero-order valence-corrected chi connectivity index (χ0v) is 18.9. The van der Waals surface area contributed by atoms with Gasteiger partial charge in [-0.15, -0.1) is 0 Å². The second-order valence-corrected chi connectivity index (χ2v) is 8.58. The van der Waals surface area contributed by atoms with E-state index in [0.717, 1.165) is 42.4 Å². The van der Waals surface area contributed by atoms with Crippen molar-refractivity contribution in [2.75, 3.05) is 6.61 Å². The lowest BCUT2D eigenvalue weighted by Crippen LogP contribution is -2.51. The Kier molecular flexibility index (Phi) is 8.10. The van der Waals surface area contributed by atoms with E-state index in [1.54, 1.807) is 11.8 Å². The monoisotopic (exact) mass is 422 g/mol. The number of carbonyl (C=O) groups excluding carboxylic acids is 2. The predicted octanol–water partition coefficient (Wildman–Crippen LogP) is 4.55. The van der Waals surface area contributed by atoms with Crippen molar-refractivity contribution in [3.05, 3.63) is 65.2 Å². The molecule has 0 bridgehead atoms. The summed E-state index contributed by atoms with van der Waals surface area (Å²) in [6, 6.07) is 15.3.